The van der Waals surface area contributed by atoms with Crippen molar-refractivity contribution in [1.82, 2.24) is 4.98 Å². The van der Waals surface area contributed by atoms with Crippen molar-refractivity contribution in [3.63, 3.8) is 0 Å². The van der Waals surface area contributed by atoms with E-state index in [2.05, 4.69) is 11.6 Å². The average Bonchev–Trinajstić information content (AvgIpc) is 2.47. The maximum atomic E-state index is 9.65. The monoisotopic (exact) mass is 206 g/mol. The van der Waals surface area contributed by atoms with Gasteiger partial charge in [-0.05, 0) is 24.1 Å². The molecule has 72 valence electrons. The zero-order valence-electron chi connectivity index (χ0n) is 7.53. The molecule has 0 spiro atoms. The summed E-state index contributed by atoms with van der Waals surface area (Å²) in [6, 6.07) is 3.67. The third-order valence-electron chi connectivity index (χ3n) is 1.93. The summed E-state index contributed by atoms with van der Waals surface area (Å²) in [5, 5.41) is 10.1. The Balaban J connectivity index is 2.64. The Morgan fingerprint density at radius 1 is 1.57 bits per heavy atom. The Morgan fingerprint density at radius 3 is 3.07 bits per heavy atom. The summed E-state index contributed by atoms with van der Waals surface area (Å²) < 4.78 is 0.916. The van der Waals surface area contributed by atoms with Crippen LogP contribution in [0.25, 0.3) is 10.2 Å². The summed E-state index contributed by atoms with van der Waals surface area (Å²) in [6.07, 6.45) is 2.53. The van der Waals surface area contributed by atoms with Crippen LogP contribution < -0.4 is 5.73 Å². The molecule has 1 aromatic heterocycles. The van der Waals surface area contributed by atoms with Crippen LogP contribution in [-0.2, 0) is 6.42 Å². The summed E-state index contributed by atoms with van der Waals surface area (Å²) in [4.78, 5) is 4.03. The first-order valence-corrected chi connectivity index (χ1v) is 5.01. The highest BCUT2D eigenvalue weighted by Crippen LogP contribution is 2.31. The van der Waals surface area contributed by atoms with E-state index in [-0.39, 0.29) is 5.75 Å². The molecule has 1 heterocycles. The molecule has 2 rings (SSSR count). The summed E-state index contributed by atoms with van der Waals surface area (Å²) >= 11 is 1.38. The fraction of sp³-hybridized carbons (Fsp3) is 0.100. The van der Waals surface area contributed by atoms with Gasteiger partial charge in [0.25, 0.3) is 0 Å². The summed E-state index contributed by atoms with van der Waals surface area (Å²) in [5.74, 6) is 0.187. The molecule has 0 fully saturated rings. The SMILES string of the molecule is C=CCc1cc(O)c2nc(N)sc2c1. The summed E-state index contributed by atoms with van der Waals surface area (Å²) in [7, 11) is 0. The second-order valence-electron chi connectivity index (χ2n) is 3.01. The number of fused-ring (bicyclic) bond motifs is 1. The van der Waals surface area contributed by atoms with Crippen molar-refractivity contribution in [2.75, 3.05) is 5.73 Å². The van der Waals surface area contributed by atoms with E-state index in [1.807, 2.05) is 6.07 Å². The van der Waals surface area contributed by atoms with Gasteiger partial charge in [-0.3, -0.25) is 0 Å². The van der Waals surface area contributed by atoms with Crippen LogP contribution in [-0.4, -0.2) is 10.1 Å². The van der Waals surface area contributed by atoms with Gasteiger partial charge in [-0.2, -0.15) is 0 Å². The minimum Gasteiger partial charge on any atom is -0.506 e. The highest BCUT2D eigenvalue weighted by atomic mass is 32.1. The lowest BCUT2D eigenvalue weighted by atomic mass is 10.1. The Morgan fingerprint density at radius 2 is 2.36 bits per heavy atom. The maximum Gasteiger partial charge on any atom is 0.181 e. The second kappa shape index (κ2) is 3.31. The van der Waals surface area contributed by atoms with E-state index in [0.717, 1.165) is 16.7 Å². The fourth-order valence-corrected chi connectivity index (χ4v) is 2.19. The predicted octanol–water partition coefficient (Wildman–Crippen LogP) is 2.31. The molecule has 0 aliphatic rings. The first kappa shape index (κ1) is 9.02. The highest BCUT2D eigenvalue weighted by Gasteiger charge is 2.07. The lowest BCUT2D eigenvalue weighted by molar-refractivity contribution is 0.480. The summed E-state index contributed by atoms with van der Waals surface area (Å²) in [5.41, 5.74) is 7.17. The van der Waals surface area contributed by atoms with Crippen LogP contribution in [0.2, 0.25) is 0 Å². The van der Waals surface area contributed by atoms with Gasteiger partial charge < -0.3 is 10.8 Å². The smallest absolute Gasteiger partial charge is 0.181 e. The Kier molecular flexibility index (Phi) is 2.13. The van der Waals surface area contributed by atoms with Gasteiger partial charge in [0.2, 0.25) is 0 Å². The molecule has 3 N–H and O–H groups in total. The normalized spacial score (nSPS) is 10.6. The molecule has 0 radical (unpaired) electrons. The van der Waals surface area contributed by atoms with E-state index >= 15 is 0 Å². The lowest BCUT2D eigenvalue weighted by Gasteiger charge is -1.98. The van der Waals surface area contributed by atoms with Crippen LogP contribution in [0.5, 0.6) is 5.75 Å². The number of allylic oxidation sites excluding steroid dienone is 1. The van der Waals surface area contributed by atoms with Crippen molar-refractivity contribution in [1.29, 1.82) is 0 Å². The fourth-order valence-electron chi connectivity index (χ4n) is 1.37. The van der Waals surface area contributed by atoms with Gasteiger partial charge in [0.1, 0.15) is 11.3 Å². The topological polar surface area (TPSA) is 59.1 Å². The number of aromatic hydroxyl groups is 1. The molecule has 0 bridgehead atoms. The van der Waals surface area contributed by atoms with Crippen molar-refractivity contribution in [2.24, 2.45) is 0 Å². The molecule has 3 nitrogen and oxygen atoms in total. The van der Waals surface area contributed by atoms with Gasteiger partial charge in [-0.25, -0.2) is 4.98 Å². The number of hydrogen-bond acceptors (Lipinski definition) is 4. The zero-order valence-corrected chi connectivity index (χ0v) is 8.34. The van der Waals surface area contributed by atoms with Gasteiger partial charge in [-0.1, -0.05) is 17.4 Å². The van der Waals surface area contributed by atoms with E-state index in [1.165, 1.54) is 11.3 Å². The number of nitrogens with zero attached hydrogens (tertiary/aromatic N) is 1. The maximum absolute atomic E-state index is 9.65. The predicted molar refractivity (Wildman–Crippen MR) is 59.6 cm³/mol. The van der Waals surface area contributed by atoms with Crippen LogP contribution in [0, 0.1) is 0 Å². The molecule has 0 saturated carbocycles. The number of rotatable bonds is 2. The number of aromatic nitrogens is 1. The standard InChI is InChI=1S/C10H10N2OS/c1-2-3-6-4-7(13)9-8(5-6)14-10(11)12-9/h2,4-5,13H,1,3H2,(H2,11,12). The van der Waals surface area contributed by atoms with Gasteiger partial charge in [-0.15, -0.1) is 6.58 Å². The molecule has 0 aliphatic heterocycles. The number of phenols is 1. The quantitative estimate of drug-likeness (QED) is 0.741. The zero-order chi connectivity index (χ0) is 10.1. The van der Waals surface area contributed by atoms with Crippen molar-refractivity contribution in [2.45, 2.75) is 6.42 Å². The number of nitrogen functional groups attached to an aromatic ring is 1. The lowest BCUT2D eigenvalue weighted by Crippen LogP contribution is -1.82. The first-order valence-electron chi connectivity index (χ1n) is 4.19. The molecule has 14 heavy (non-hydrogen) atoms. The third-order valence-corrected chi connectivity index (χ3v) is 2.76. The molecule has 2 aromatic rings. The van der Waals surface area contributed by atoms with Gasteiger partial charge in [0.05, 0.1) is 4.70 Å². The first-order chi connectivity index (χ1) is 6.70. The Hall–Kier alpha value is -1.55. The second-order valence-corrected chi connectivity index (χ2v) is 4.07. The van der Waals surface area contributed by atoms with Crippen molar-refractivity contribution < 1.29 is 5.11 Å². The minimum absolute atomic E-state index is 0.187. The molecular weight excluding hydrogens is 196 g/mol. The average molecular weight is 206 g/mol. The van der Waals surface area contributed by atoms with Gasteiger partial charge in [0, 0.05) is 0 Å². The molecule has 0 unspecified atom stereocenters. The number of thiazole rings is 1. The van der Waals surface area contributed by atoms with E-state index in [4.69, 9.17) is 5.73 Å². The number of nitrogens with two attached hydrogens (primary N) is 1. The third kappa shape index (κ3) is 1.44. The number of anilines is 1. The molecule has 0 aliphatic carbocycles. The van der Waals surface area contributed by atoms with Gasteiger partial charge >= 0.3 is 0 Å². The van der Waals surface area contributed by atoms with Crippen LogP contribution in [0.1, 0.15) is 5.56 Å². The molecule has 0 amide bonds. The van der Waals surface area contributed by atoms with E-state index < -0.39 is 0 Å². The largest absolute Gasteiger partial charge is 0.506 e. The van der Waals surface area contributed by atoms with Gasteiger partial charge in [0.15, 0.2) is 5.13 Å². The number of phenolic OH excluding ortho intramolecular Hbond substituents is 1. The number of benzene rings is 1. The molecular formula is C10H10N2OS. The van der Waals surface area contributed by atoms with Crippen molar-refractivity contribution in [3.05, 3.63) is 30.4 Å². The minimum atomic E-state index is 0.187. The van der Waals surface area contributed by atoms with E-state index in [1.54, 1.807) is 12.1 Å². The van der Waals surface area contributed by atoms with Crippen LogP contribution in [0.4, 0.5) is 5.13 Å². The van der Waals surface area contributed by atoms with Crippen LogP contribution in [0.15, 0.2) is 24.8 Å². The molecule has 4 heteroatoms. The van der Waals surface area contributed by atoms with Crippen molar-refractivity contribution >= 4 is 26.7 Å². The molecule has 1 aromatic carbocycles. The Labute approximate surface area is 85.5 Å². The van der Waals surface area contributed by atoms with E-state index in [9.17, 15) is 5.11 Å². The summed E-state index contributed by atoms with van der Waals surface area (Å²) in [6.45, 7) is 3.65. The van der Waals surface area contributed by atoms with Crippen LogP contribution in [0.3, 0.4) is 0 Å². The van der Waals surface area contributed by atoms with Crippen molar-refractivity contribution in [3.8, 4) is 5.75 Å². The highest BCUT2D eigenvalue weighted by molar-refractivity contribution is 7.22. The molecule has 0 saturated heterocycles. The Bertz CT molecular complexity index is 490. The van der Waals surface area contributed by atoms with E-state index in [0.29, 0.717) is 10.6 Å². The van der Waals surface area contributed by atoms with Crippen LogP contribution >= 0.6 is 11.3 Å². The number of hydrogen-bond donors (Lipinski definition) is 2. The molecule has 0 atom stereocenters.